The van der Waals surface area contributed by atoms with E-state index in [2.05, 4.69) is 6.07 Å². The summed E-state index contributed by atoms with van der Waals surface area (Å²) in [4.78, 5) is 40.1. The number of carbonyl (C=O) groups is 3. The molecular formula is C24H25ClN2O4. The van der Waals surface area contributed by atoms with Crippen molar-refractivity contribution in [3.63, 3.8) is 0 Å². The van der Waals surface area contributed by atoms with Crippen molar-refractivity contribution in [3.05, 3.63) is 64.7 Å². The quantitative estimate of drug-likeness (QED) is 0.779. The zero-order chi connectivity index (χ0) is 22.0. The van der Waals surface area contributed by atoms with Gasteiger partial charge in [0.25, 0.3) is 5.91 Å². The minimum absolute atomic E-state index is 0.0341. The predicted octanol–water partition coefficient (Wildman–Crippen LogP) is 4.02. The molecule has 1 N–H and O–H groups in total. The highest BCUT2D eigenvalue weighted by molar-refractivity contribution is 6.30. The van der Waals surface area contributed by atoms with Crippen molar-refractivity contribution in [2.24, 2.45) is 5.41 Å². The van der Waals surface area contributed by atoms with Crippen molar-refractivity contribution in [1.29, 1.82) is 0 Å². The molecule has 162 valence electrons. The van der Waals surface area contributed by atoms with Gasteiger partial charge < -0.3 is 14.9 Å². The third-order valence-electron chi connectivity index (χ3n) is 6.41. The average molecular weight is 441 g/mol. The monoisotopic (exact) mass is 440 g/mol. The van der Waals surface area contributed by atoms with Gasteiger partial charge in [-0.05, 0) is 60.6 Å². The van der Waals surface area contributed by atoms with Crippen LogP contribution in [0.15, 0.2) is 48.5 Å². The van der Waals surface area contributed by atoms with E-state index in [0.29, 0.717) is 30.2 Å². The summed E-state index contributed by atoms with van der Waals surface area (Å²) in [6.07, 6.45) is 2.32. The van der Waals surface area contributed by atoms with E-state index in [0.717, 1.165) is 30.5 Å². The average Bonchev–Trinajstić information content (AvgIpc) is 2.77. The first-order chi connectivity index (χ1) is 14.9. The second kappa shape index (κ2) is 8.71. The normalized spacial score (nSPS) is 17.3. The van der Waals surface area contributed by atoms with Crippen LogP contribution in [0, 0.1) is 5.41 Å². The van der Waals surface area contributed by atoms with Crippen molar-refractivity contribution in [2.45, 2.75) is 32.1 Å². The second-order valence-corrected chi connectivity index (χ2v) is 8.91. The first kappa shape index (κ1) is 21.4. The number of piperidine rings is 1. The summed E-state index contributed by atoms with van der Waals surface area (Å²) in [6.45, 7) is 1.77. The van der Waals surface area contributed by atoms with Crippen LogP contribution in [0.1, 0.15) is 41.6 Å². The highest BCUT2D eigenvalue weighted by atomic mass is 35.5. The summed E-state index contributed by atoms with van der Waals surface area (Å²) in [7, 11) is 0. The van der Waals surface area contributed by atoms with E-state index in [1.54, 1.807) is 29.2 Å². The lowest BCUT2D eigenvalue weighted by Gasteiger charge is -2.48. The minimum atomic E-state index is -0.956. The Kier molecular flexibility index (Phi) is 6.01. The van der Waals surface area contributed by atoms with Crippen molar-refractivity contribution < 1.29 is 19.5 Å². The van der Waals surface area contributed by atoms with Crippen LogP contribution in [0.3, 0.4) is 0 Å². The molecule has 6 nitrogen and oxygen atoms in total. The molecule has 1 spiro atoms. The van der Waals surface area contributed by atoms with Crippen LogP contribution in [0.4, 0.5) is 5.69 Å². The van der Waals surface area contributed by atoms with Crippen molar-refractivity contribution in [3.8, 4) is 0 Å². The smallest absolute Gasteiger partial charge is 0.303 e. The number of likely N-dealkylation sites (tertiary alicyclic amines) is 1. The van der Waals surface area contributed by atoms with E-state index in [1.807, 2.05) is 23.1 Å². The molecule has 4 rings (SSSR count). The lowest BCUT2D eigenvalue weighted by Crippen LogP contribution is -2.52. The summed E-state index contributed by atoms with van der Waals surface area (Å²) < 4.78 is 0. The molecule has 31 heavy (non-hydrogen) atoms. The molecule has 2 aromatic rings. The molecule has 0 aromatic heterocycles. The third-order valence-corrected chi connectivity index (χ3v) is 6.66. The number of carbonyl (C=O) groups excluding carboxylic acids is 2. The van der Waals surface area contributed by atoms with E-state index >= 15 is 0 Å². The number of fused-ring (bicyclic) bond motifs is 1. The number of rotatable bonds is 4. The van der Waals surface area contributed by atoms with Crippen molar-refractivity contribution in [1.82, 2.24) is 4.90 Å². The molecule has 0 bridgehead atoms. The Morgan fingerprint density at radius 1 is 0.968 bits per heavy atom. The number of carboxylic acids is 1. The van der Waals surface area contributed by atoms with Gasteiger partial charge in [-0.1, -0.05) is 29.8 Å². The van der Waals surface area contributed by atoms with Crippen LogP contribution < -0.4 is 4.90 Å². The fraction of sp³-hybridized carbons (Fsp3) is 0.375. The Hall–Kier alpha value is -2.86. The molecule has 1 saturated heterocycles. The first-order valence-corrected chi connectivity index (χ1v) is 10.9. The van der Waals surface area contributed by atoms with Gasteiger partial charge in [0, 0.05) is 42.3 Å². The molecule has 2 heterocycles. The van der Waals surface area contributed by atoms with E-state index in [1.165, 1.54) is 0 Å². The van der Waals surface area contributed by atoms with Crippen LogP contribution in [-0.4, -0.2) is 47.4 Å². The second-order valence-electron chi connectivity index (χ2n) is 8.48. The van der Waals surface area contributed by atoms with E-state index in [9.17, 15) is 14.4 Å². The van der Waals surface area contributed by atoms with Crippen LogP contribution >= 0.6 is 11.6 Å². The standard InChI is InChI=1S/C24H25ClN2O4/c25-19-7-5-17(6-8-19)23(31)27-16-24(15-18-3-1-2-4-20(18)27)11-13-26(14-12-24)21(28)9-10-22(29)30/h1-8H,9-16H2,(H,29,30). The molecule has 0 aliphatic carbocycles. The maximum absolute atomic E-state index is 13.4. The fourth-order valence-electron chi connectivity index (χ4n) is 4.67. The van der Waals surface area contributed by atoms with Crippen LogP contribution in [-0.2, 0) is 16.0 Å². The largest absolute Gasteiger partial charge is 0.481 e. The summed E-state index contributed by atoms with van der Waals surface area (Å²) in [5, 5.41) is 9.42. The summed E-state index contributed by atoms with van der Waals surface area (Å²) in [6, 6.07) is 14.9. The van der Waals surface area contributed by atoms with Crippen LogP contribution in [0.5, 0.6) is 0 Å². The molecule has 2 amide bonds. The topological polar surface area (TPSA) is 77.9 Å². The number of amides is 2. The number of anilines is 1. The lowest BCUT2D eigenvalue weighted by atomic mass is 9.70. The third kappa shape index (κ3) is 4.59. The number of para-hydroxylation sites is 1. The Bertz CT molecular complexity index is 997. The Balaban J connectivity index is 1.53. The molecule has 2 aliphatic heterocycles. The molecule has 0 radical (unpaired) electrons. The molecule has 2 aliphatic rings. The van der Waals surface area contributed by atoms with Gasteiger partial charge in [-0.2, -0.15) is 0 Å². The molecule has 0 saturated carbocycles. The van der Waals surface area contributed by atoms with Crippen LogP contribution in [0.25, 0.3) is 0 Å². The van der Waals surface area contributed by atoms with Gasteiger partial charge >= 0.3 is 5.97 Å². The number of halogens is 1. The summed E-state index contributed by atoms with van der Waals surface area (Å²) >= 11 is 5.99. The highest BCUT2D eigenvalue weighted by Gasteiger charge is 2.42. The van der Waals surface area contributed by atoms with Gasteiger partial charge in [-0.3, -0.25) is 14.4 Å². The molecule has 0 unspecified atom stereocenters. The SMILES string of the molecule is O=C(O)CCC(=O)N1CCC2(CC1)Cc1ccccc1N(C(=O)c1ccc(Cl)cc1)C2. The Morgan fingerprint density at radius 2 is 1.65 bits per heavy atom. The number of benzene rings is 2. The molecule has 0 atom stereocenters. The summed E-state index contributed by atoms with van der Waals surface area (Å²) in [5.41, 5.74) is 2.58. The zero-order valence-corrected chi connectivity index (χ0v) is 18.0. The van der Waals surface area contributed by atoms with E-state index < -0.39 is 5.97 Å². The fourth-order valence-corrected chi connectivity index (χ4v) is 4.80. The molecule has 7 heteroatoms. The Labute approximate surface area is 186 Å². The van der Waals surface area contributed by atoms with Crippen LogP contribution in [0.2, 0.25) is 5.02 Å². The molecule has 1 fully saturated rings. The number of carboxylic acid groups (broad SMARTS) is 1. The van der Waals surface area contributed by atoms with E-state index in [-0.39, 0.29) is 30.1 Å². The number of aliphatic carboxylic acids is 1. The maximum atomic E-state index is 13.4. The van der Waals surface area contributed by atoms with Gasteiger partial charge in [0.1, 0.15) is 0 Å². The minimum Gasteiger partial charge on any atom is -0.481 e. The van der Waals surface area contributed by atoms with Crippen molar-refractivity contribution >= 4 is 35.1 Å². The Morgan fingerprint density at radius 3 is 2.32 bits per heavy atom. The molecule has 2 aromatic carbocycles. The number of nitrogens with zero attached hydrogens (tertiary/aromatic N) is 2. The lowest BCUT2D eigenvalue weighted by molar-refractivity contribution is -0.141. The first-order valence-electron chi connectivity index (χ1n) is 10.5. The number of hydrogen-bond acceptors (Lipinski definition) is 3. The maximum Gasteiger partial charge on any atom is 0.303 e. The van der Waals surface area contributed by atoms with Gasteiger partial charge in [-0.15, -0.1) is 0 Å². The van der Waals surface area contributed by atoms with Crippen molar-refractivity contribution in [2.75, 3.05) is 24.5 Å². The van der Waals surface area contributed by atoms with Gasteiger partial charge in [-0.25, -0.2) is 0 Å². The van der Waals surface area contributed by atoms with Gasteiger partial charge in [0.2, 0.25) is 5.91 Å². The van der Waals surface area contributed by atoms with Gasteiger partial charge in [0.05, 0.1) is 6.42 Å². The summed E-state index contributed by atoms with van der Waals surface area (Å²) in [5.74, 6) is -1.12. The zero-order valence-electron chi connectivity index (χ0n) is 17.2. The van der Waals surface area contributed by atoms with Gasteiger partial charge in [0.15, 0.2) is 0 Å². The highest BCUT2D eigenvalue weighted by Crippen LogP contribution is 2.43. The number of hydrogen-bond donors (Lipinski definition) is 1. The predicted molar refractivity (Wildman–Crippen MR) is 118 cm³/mol. The van der Waals surface area contributed by atoms with E-state index in [4.69, 9.17) is 16.7 Å². The molecular weight excluding hydrogens is 416 g/mol.